The second-order valence-electron chi connectivity index (χ2n) is 2.91. The van der Waals surface area contributed by atoms with E-state index in [0.29, 0.717) is 0 Å². The molecule has 0 saturated heterocycles. The highest BCUT2D eigenvalue weighted by Crippen LogP contribution is 2.14. The molecule has 0 fully saturated rings. The van der Waals surface area contributed by atoms with Crippen LogP contribution in [-0.2, 0) is 0 Å². The molecule has 0 aliphatic rings. The molecule has 0 aliphatic carbocycles. The molecule has 0 radical (unpaired) electrons. The van der Waals surface area contributed by atoms with Gasteiger partial charge in [0, 0.05) is 6.21 Å². The van der Waals surface area contributed by atoms with Crippen molar-refractivity contribution in [2.75, 3.05) is 0 Å². The van der Waals surface area contributed by atoms with E-state index in [-0.39, 0.29) is 6.04 Å². The topological polar surface area (TPSA) is 12.4 Å². The molecule has 0 amide bonds. The number of allylic oxidation sites excluding steroid dienone is 2. The second kappa shape index (κ2) is 5.31. The molecule has 13 heavy (non-hydrogen) atoms. The van der Waals surface area contributed by atoms with Crippen LogP contribution >= 0.6 is 0 Å². The van der Waals surface area contributed by atoms with E-state index in [1.807, 2.05) is 43.5 Å². The van der Waals surface area contributed by atoms with Crippen LogP contribution < -0.4 is 0 Å². The summed E-state index contributed by atoms with van der Waals surface area (Å²) in [5, 5.41) is 0. The average Bonchev–Trinajstić information content (AvgIpc) is 2.19. The zero-order valence-electron chi connectivity index (χ0n) is 8.14. The minimum atomic E-state index is 0.248. The van der Waals surface area contributed by atoms with Crippen LogP contribution in [0.5, 0.6) is 0 Å². The molecule has 0 aromatic heterocycles. The third kappa shape index (κ3) is 3.24. The minimum Gasteiger partial charge on any atom is -0.285 e. The Morgan fingerprint density at radius 1 is 1.23 bits per heavy atom. The van der Waals surface area contributed by atoms with Gasteiger partial charge in [0.25, 0.3) is 0 Å². The highest BCUT2D eigenvalue weighted by molar-refractivity contribution is 5.71. The number of hydrogen-bond donors (Lipinski definition) is 0. The molecule has 0 N–H and O–H groups in total. The summed E-state index contributed by atoms with van der Waals surface area (Å²) >= 11 is 0. The van der Waals surface area contributed by atoms with Crippen LogP contribution in [0.15, 0.2) is 47.5 Å². The first-order chi connectivity index (χ1) is 6.34. The van der Waals surface area contributed by atoms with Gasteiger partial charge in [-0.05, 0) is 25.5 Å². The third-order valence-corrected chi connectivity index (χ3v) is 1.87. The maximum absolute atomic E-state index is 4.37. The summed E-state index contributed by atoms with van der Waals surface area (Å²) in [5.74, 6) is 0. The van der Waals surface area contributed by atoms with Gasteiger partial charge in [0.1, 0.15) is 0 Å². The Morgan fingerprint density at radius 3 is 2.54 bits per heavy atom. The minimum absolute atomic E-state index is 0.248. The highest BCUT2D eigenvalue weighted by atomic mass is 14.7. The van der Waals surface area contributed by atoms with E-state index in [0.717, 1.165) is 0 Å². The lowest BCUT2D eigenvalue weighted by atomic mass is 10.1. The molecular weight excluding hydrogens is 158 g/mol. The molecule has 1 aromatic rings. The first-order valence-corrected chi connectivity index (χ1v) is 4.54. The van der Waals surface area contributed by atoms with Crippen LogP contribution in [0.25, 0.3) is 0 Å². The van der Waals surface area contributed by atoms with Crippen LogP contribution in [-0.4, -0.2) is 6.21 Å². The van der Waals surface area contributed by atoms with E-state index >= 15 is 0 Å². The van der Waals surface area contributed by atoms with Gasteiger partial charge < -0.3 is 0 Å². The molecule has 1 rings (SSSR count). The molecule has 1 aromatic carbocycles. The maximum atomic E-state index is 4.37. The Bertz CT molecular complexity index is 285. The van der Waals surface area contributed by atoms with Crippen LogP contribution in [0.2, 0.25) is 0 Å². The second-order valence-corrected chi connectivity index (χ2v) is 2.91. The van der Waals surface area contributed by atoms with Gasteiger partial charge in [-0.2, -0.15) is 0 Å². The lowest BCUT2D eigenvalue weighted by Gasteiger charge is -2.04. The van der Waals surface area contributed by atoms with Gasteiger partial charge in [0.05, 0.1) is 6.04 Å². The fourth-order valence-corrected chi connectivity index (χ4v) is 1.08. The van der Waals surface area contributed by atoms with Gasteiger partial charge in [-0.3, -0.25) is 4.99 Å². The third-order valence-electron chi connectivity index (χ3n) is 1.87. The van der Waals surface area contributed by atoms with Gasteiger partial charge >= 0.3 is 0 Å². The van der Waals surface area contributed by atoms with Crippen LogP contribution in [0.3, 0.4) is 0 Å². The summed E-state index contributed by atoms with van der Waals surface area (Å²) in [6.45, 7) is 4.08. The van der Waals surface area contributed by atoms with Gasteiger partial charge in [-0.1, -0.05) is 36.4 Å². The van der Waals surface area contributed by atoms with Crippen LogP contribution in [0.4, 0.5) is 0 Å². The molecule has 1 heteroatoms. The summed E-state index contributed by atoms with van der Waals surface area (Å²) in [6, 6.07) is 10.5. The van der Waals surface area contributed by atoms with Gasteiger partial charge in [0.2, 0.25) is 0 Å². The summed E-state index contributed by atoms with van der Waals surface area (Å²) in [4.78, 5) is 4.37. The largest absolute Gasteiger partial charge is 0.285 e. The van der Waals surface area contributed by atoms with E-state index in [2.05, 4.69) is 24.0 Å². The van der Waals surface area contributed by atoms with E-state index < -0.39 is 0 Å². The molecule has 1 atom stereocenters. The normalized spacial score (nSPS) is 14.0. The predicted molar refractivity (Wildman–Crippen MR) is 58.2 cm³/mol. The molecule has 0 aliphatic heterocycles. The lowest BCUT2D eigenvalue weighted by molar-refractivity contribution is 0.826. The van der Waals surface area contributed by atoms with E-state index in [9.17, 15) is 0 Å². The quantitative estimate of drug-likeness (QED) is 0.621. The van der Waals surface area contributed by atoms with Crippen molar-refractivity contribution in [1.82, 2.24) is 0 Å². The Balaban J connectivity index is 2.63. The Labute approximate surface area is 79.8 Å². The van der Waals surface area contributed by atoms with Crippen molar-refractivity contribution in [1.29, 1.82) is 0 Å². The molecule has 0 bridgehead atoms. The van der Waals surface area contributed by atoms with Gasteiger partial charge in [-0.15, -0.1) is 0 Å². The first kappa shape index (κ1) is 9.72. The van der Waals surface area contributed by atoms with Crippen molar-refractivity contribution >= 4 is 6.21 Å². The zero-order valence-corrected chi connectivity index (χ0v) is 8.14. The maximum Gasteiger partial charge on any atom is 0.0720 e. The average molecular weight is 173 g/mol. The molecule has 68 valence electrons. The predicted octanol–water partition coefficient (Wildman–Crippen LogP) is 3.39. The molecule has 1 nitrogen and oxygen atoms in total. The first-order valence-electron chi connectivity index (χ1n) is 4.54. The zero-order chi connectivity index (χ0) is 9.52. The molecule has 1 unspecified atom stereocenters. The van der Waals surface area contributed by atoms with Crippen molar-refractivity contribution in [2.45, 2.75) is 19.9 Å². The van der Waals surface area contributed by atoms with E-state index in [1.165, 1.54) is 5.56 Å². The Hall–Kier alpha value is -1.37. The molecule has 0 spiro atoms. The fraction of sp³-hybridized carbons (Fsp3) is 0.250. The van der Waals surface area contributed by atoms with Crippen LogP contribution in [0, 0.1) is 0 Å². The Kier molecular flexibility index (Phi) is 3.97. The lowest BCUT2D eigenvalue weighted by Crippen LogP contribution is -1.88. The van der Waals surface area contributed by atoms with Crippen molar-refractivity contribution in [2.24, 2.45) is 4.99 Å². The standard InChI is InChI=1S/C12H15N/c1-3-4-10-13-11(2)12-8-6-5-7-9-12/h3-11H,1-2H3. The summed E-state index contributed by atoms with van der Waals surface area (Å²) in [6.07, 6.45) is 5.76. The molecule has 0 saturated carbocycles. The number of hydrogen-bond acceptors (Lipinski definition) is 1. The smallest absolute Gasteiger partial charge is 0.0720 e. The number of rotatable bonds is 3. The van der Waals surface area contributed by atoms with Crippen molar-refractivity contribution < 1.29 is 0 Å². The molecular formula is C12H15N. The monoisotopic (exact) mass is 173 g/mol. The fourth-order valence-electron chi connectivity index (χ4n) is 1.08. The van der Waals surface area contributed by atoms with Crippen LogP contribution in [0.1, 0.15) is 25.5 Å². The summed E-state index contributed by atoms with van der Waals surface area (Å²) < 4.78 is 0. The number of aliphatic imine (C=N–C) groups is 1. The SMILES string of the molecule is CC=CC=NC(C)c1ccccc1. The molecule has 0 heterocycles. The van der Waals surface area contributed by atoms with Crippen molar-refractivity contribution in [3.63, 3.8) is 0 Å². The number of nitrogens with zero attached hydrogens (tertiary/aromatic N) is 1. The van der Waals surface area contributed by atoms with Gasteiger partial charge in [0.15, 0.2) is 0 Å². The number of benzene rings is 1. The van der Waals surface area contributed by atoms with Crippen molar-refractivity contribution in [3.8, 4) is 0 Å². The summed E-state index contributed by atoms with van der Waals surface area (Å²) in [7, 11) is 0. The van der Waals surface area contributed by atoms with Crippen molar-refractivity contribution in [3.05, 3.63) is 48.0 Å². The van der Waals surface area contributed by atoms with E-state index in [4.69, 9.17) is 0 Å². The highest BCUT2D eigenvalue weighted by Gasteiger charge is 1.98. The Morgan fingerprint density at radius 2 is 1.92 bits per heavy atom. The van der Waals surface area contributed by atoms with Gasteiger partial charge in [-0.25, -0.2) is 0 Å². The summed E-state index contributed by atoms with van der Waals surface area (Å²) in [5.41, 5.74) is 1.25. The van der Waals surface area contributed by atoms with E-state index in [1.54, 1.807) is 0 Å².